The Bertz CT molecular complexity index is 304. The normalized spacial score (nSPS) is 12.1. The van der Waals surface area contributed by atoms with Crippen LogP contribution in [0.2, 0.25) is 0 Å². The summed E-state index contributed by atoms with van der Waals surface area (Å²) in [5.41, 5.74) is 0. The van der Waals surface area contributed by atoms with Crippen LogP contribution in [-0.2, 0) is 14.3 Å². The number of hydrogen-bond donors (Lipinski definition) is 2. The molecule has 0 rings (SSSR count). The molecule has 24 heavy (non-hydrogen) atoms. The van der Waals surface area contributed by atoms with E-state index in [2.05, 4.69) is 0 Å². The van der Waals surface area contributed by atoms with E-state index in [0.717, 1.165) is 0 Å². The maximum absolute atomic E-state index is 10.7. The number of rotatable bonds is 14. The minimum atomic E-state index is -1.30. The van der Waals surface area contributed by atoms with Crippen LogP contribution in [0.15, 0.2) is 12.2 Å². The molecule has 0 aliphatic heterocycles. The van der Waals surface area contributed by atoms with Crippen molar-refractivity contribution in [2.24, 2.45) is 0 Å². The first kappa shape index (κ1) is 29.7. The van der Waals surface area contributed by atoms with Gasteiger partial charge in [-0.15, -0.1) is 0 Å². The molecule has 0 saturated heterocycles. The number of ether oxygens (including phenoxy) is 2. The number of aliphatic carboxylic acids is 1. The van der Waals surface area contributed by atoms with Crippen LogP contribution in [0.3, 0.4) is 0 Å². The molecule has 0 bridgehead atoms. The van der Waals surface area contributed by atoms with Gasteiger partial charge in [0.15, 0.2) is 0 Å². The molecule has 0 aromatic carbocycles. The zero-order chi connectivity index (χ0) is 16.1. The Morgan fingerprint density at radius 1 is 1.04 bits per heavy atom. The molecule has 10 heteroatoms. The van der Waals surface area contributed by atoms with E-state index in [1.54, 1.807) is 0 Å². The van der Waals surface area contributed by atoms with Crippen molar-refractivity contribution < 1.29 is 59.1 Å². The largest absolute Gasteiger partial charge is 1.00 e. The average molecular weight is 857 g/mol. The second-order valence-electron chi connectivity index (χ2n) is 4.42. The van der Waals surface area contributed by atoms with Gasteiger partial charge < -0.3 is 42.7 Å². The Kier molecular flexibility index (Phi) is 23.3. The number of aliphatic hydroxyl groups excluding tert-OH is 2. The minimum absolute atomic E-state index is 0. The summed E-state index contributed by atoms with van der Waals surface area (Å²) in [6, 6.07) is 0. The van der Waals surface area contributed by atoms with Crippen LogP contribution < -0.4 is 34.7 Å². The van der Waals surface area contributed by atoms with Crippen molar-refractivity contribution in [2.45, 2.75) is 12.2 Å². The van der Waals surface area contributed by atoms with Gasteiger partial charge in [0.1, 0.15) is 0 Å². The summed E-state index contributed by atoms with van der Waals surface area (Å²) in [6.45, 7) is 10.2. The van der Waals surface area contributed by atoms with Gasteiger partial charge in [-0.2, -0.15) is 0 Å². The van der Waals surface area contributed by atoms with E-state index in [9.17, 15) is 20.1 Å². The second kappa shape index (κ2) is 18.8. The summed E-state index contributed by atoms with van der Waals surface area (Å²) in [6.07, 6.45) is 0.771. The Hall–Kier alpha value is -2.25. The molecule has 0 amide bonds. The van der Waals surface area contributed by atoms with Crippen LogP contribution in [0.5, 0.6) is 0 Å². The maximum Gasteiger partial charge on any atom is 1.00 e. The summed E-state index contributed by atoms with van der Waals surface area (Å²) in [4.78, 5) is 12.0. The average Bonchev–Trinajstić information content (AvgIpc) is 2.38. The van der Waals surface area contributed by atoms with E-state index in [-0.39, 0.29) is 69.1 Å². The van der Waals surface area contributed by atoms with E-state index < -0.39 is 24.7 Å². The first-order valence-corrected chi connectivity index (χ1v) is 6.50. The standard InChI is InChI=1S/C14H23NO6.Na.2Rf/c1-3-5-20-10-12(16)7-15(9-14(18)19)8-13(17)11-21-6-4-2;;;/h1-4,12-13,16-17H,5-11H2,(H,18,19);;;/q-2;+1;;/p-1. The molecule has 0 fully saturated rings. The third-order valence-electron chi connectivity index (χ3n) is 2.34. The smallest absolute Gasteiger partial charge is 0.549 e. The van der Waals surface area contributed by atoms with E-state index in [0.29, 0.717) is 0 Å². The summed E-state index contributed by atoms with van der Waals surface area (Å²) in [7, 11) is 0. The monoisotopic (exact) mass is 857 g/mol. The van der Waals surface area contributed by atoms with Crippen molar-refractivity contribution in [3.63, 3.8) is 0 Å². The summed E-state index contributed by atoms with van der Waals surface area (Å²) in [5, 5.41) is 30.1. The predicted molar refractivity (Wildman–Crippen MR) is 72.8 cm³/mol. The van der Waals surface area contributed by atoms with Gasteiger partial charge in [0, 0.05) is 32.8 Å². The van der Waals surface area contributed by atoms with Crippen molar-refractivity contribution in [3.8, 4) is 0 Å². The van der Waals surface area contributed by atoms with Crippen LogP contribution in [0.1, 0.15) is 0 Å². The molecule has 0 spiro atoms. The molecule has 0 aromatic heterocycles. The third kappa shape index (κ3) is 17.8. The molecule has 0 heterocycles. The Morgan fingerprint density at radius 3 is 1.71 bits per heavy atom. The van der Waals surface area contributed by atoms with Gasteiger partial charge in [-0.25, -0.2) is 12.2 Å². The summed E-state index contributed by atoms with van der Waals surface area (Å²) in [5.74, 6) is -1.30. The SMILES string of the molecule is [CH-]=CCOCC(O)CN(CC(=O)[O-])CC(O)COCC=[CH-].[Na+].[Rf].[Rf]. The van der Waals surface area contributed by atoms with Gasteiger partial charge in [0.25, 0.3) is 0 Å². The van der Waals surface area contributed by atoms with Crippen molar-refractivity contribution in [1.29, 1.82) is 0 Å². The van der Waals surface area contributed by atoms with Crippen LogP contribution in [0, 0.1) is 13.2 Å². The van der Waals surface area contributed by atoms with Crippen molar-refractivity contribution >= 4 is 5.97 Å². The fourth-order valence-electron chi connectivity index (χ4n) is 1.63. The zero-order valence-electron chi connectivity index (χ0n) is 14.3. The number of aliphatic hydroxyl groups is 2. The number of carbonyl (C=O) groups is 1. The van der Waals surface area contributed by atoms with E-state index in [4.69, 9.17) is 22.6 Å². The molecule has 126 valence electrons. The fraction of sp³-hybridized carbons (Fsp3) is 0.643. The van der Waals surface area contributed by atoms with Gasteiger partial charge in [0.2, 0.25) is 0 Å². The molecule has 0 radical (unpaired) electrons. The van der Waals surface area contributed by atoms with Gasteiger partial charge in [0.05, 0.1) is 31.4 Å². The summed E-state index contributed by atoms with van der Waals surface area (Å²) >= 11 is 0. The molecule has 0 aliphatic carbocycles. The second-order valence-corrected chi connectivity index (χ2v) is 4.42. The molecular weight excluding hydrogens is 835 g/mol. The van der Waals surface area contributed by atoms with Crippen LogP contribution in [0.25, 0.3) is 0 Å². The number of hydrogen-bond acceptors (Lipinski definition) is 7. The minimum Gasteiger partial charge on any atom is -0.549 e. The molecule has 2 atom stereocenters. The van der Waals surface area contributed by atoms with Gasteiger partial charge in [-0.05, 0) is 0 Å². The molecule has 2 unspecified atom stereocenters. The molecule has 0 aliphatic rings. The molecule has 0 saturated carbocycles. The van der Waals surface area contributed by atoms with Crippen LogP contribution in [0.4, 0.5) is 0 Å². The Morgan fingerprint density at radius 2 is 1.42 bits per heavy atom. The Labute approximate surface area is 153 Å². The van der Waals surface area contributed by atoms with Crippen molar-refractivity contribution in [1.82, 2.24) is 4.90 Å². The molecule has 7 nitrogen and oxygen atoms in total. The van der Waals surface area contributed by atoms with Crippen LogP contribution >= 0.6 is 0 Å². The third-order valence-corrected chi connectivity index (χ3v) is 2.34. The van der Waals surface area contributed by atoms with E-state index >= 15 is 0 Å². The number of carbonyl (C=O) groups excluding carboxylic acids is 1. The molecule has 0 aromatic rings. The molecular formula is C14H22NNaO6Rf2-2. The van der Waals surface area contributed by atoms with E-state index in [1.165, 1.54) is 17.1 Å². The predicted octanol–water partition coefficient (Wildman–Crippen LogP) is -5.22. The first-order valence-electron chi connectivity index (χ1n) is 6.50. The van der Waals surface area contributed by atoms with Crippen molar-refractivity contribution in [3.05, 3.63) is 25.3 Å². The van der Waals surface area contributed by atoms with Gasteiger partial charge in [-0.3, -0.25) is 4.90 Å². The number of carboxylic acid groups (broad SMARTS) is 1. The fourth-order valence-corrected chi connectivity index (χ4v) is 1.63. The first-order chi connectivity index (χ1) is 9.99. The van der Waals surface area contributed by atoms with E-state index in [1.807, 2.05) is 0 Å². The van der Waals surface area contributed by atoms with Crippen LogP contribution in [-0.4, -0.2) is 79.4 Å². The zero-order valence-corrected chi connectivity index (χ0v) is 29.1. The number of carboxylic acids is 1. The summed E-state index contributed by atoms with van der Waals surface area (Å²) < 4.78 is 10.0. The maximum atomic E-state index is 10.7. The Balaban J connectivity index is -0.000000667. The van der Waals surface area contributed by atoms with Gasteiger partial charge in [-0.1, -0.05) is 0 Å². The molecule has 2 N–H and O–H groups in total. The quantitative estimate of drug-likeness (QED) is 0.103. The van der Waals surface area contributed by atoms with Gasteiger partial charge >= 0.3 is 29.6 Å². The number of nitrogens with zero attached hydrogens (tertiary/aromatic N) is 1. The van der Waals surface area contributed by atoms with Crippen molar-refractivity contribution in [2.75, 3.05) is 46.1 Å². The topological polar surface area (TPSA) is 102 Å².